The first-order valence-electron chi connectivity index (χ1n) is 11.0. The lowest BCUT2D eigenvalue weighted by molar-refractivity contribution is -0.694. The fourth-order valence-corrected chi connectivity index (χ4v) is 3.77. The number of benzene rings is 2. The number of rotatable bonds is 9. The summed E-state index contributed by atoms with van der Waals surface area (Å²) in [6, 6.07) is 13.7. The summed E-state index contributed by atoms with van der Waals surface area (Å²) in [5.41, 5.74) is 1.46. The van der Waals surface area contributed by atoms with Crippen molar-refractivity contribution in [1.29, 1.82) is 0 Å². The summed E-state index contributed by atoms with van der Waals surface area (Å²) in [4.78, 5) is 32.1. The average Bonchev–Trinajstić information content (AvgIpc) is 2.84. The maximum absolute atomic E-state index is 11.4. The van der Waals surface area contributed by atoms with Crippen molar-refractivity contribution in [2.24, 2.45) is 10.2 Å². The first-order valence-corrected chi connectivity index (χ1v) is 11.8. The van der Waals surface area contributed by atoms with Crippen LogP contribution in [0, 0.1) is 27.2 Å². The smallest absolute Gasteiger partial charge is 0.304 e. The number of likely N-dealkylation sites (N-methyl/N-ethyl adjacent to an activating group) is 1. The molecule has 3 rings (SSSR count). The van der Waals surface area contributed by atoms with E-state index in [0.29, 0.717) is 5.69 Å². The molecule has 37 heavy (non-hydrogen) atoms. The summed E-state index contributed by atoms with van der Waals surface area (Å²) >= 11 is 3.13. The Morgan fingerprint density at radius 3 is 2.24 bits per heavy atom. The Hall–Kier alpha value is -4.26. The summed E-state index contributed by atoms with van der Waals surface area (Å²) < 4.78 is 2.24. The minimum Gasteiger partial charge on any atom is -0.550 e. The molecular weight excluding hydrogens is 548 g/mol. The molecule has 0 N–H and O–H groups in total. The van der Waals surface area contributed by atoms with Crippen LogP contribution >= 0.6 is 15.9 Å². The number of anilines is 1. The molecule has 0 spiro atoms. The Kier molecular flexibility index (Phi) is 10.8. The van der Waals surface area contributed by atoms with Crippen LogP contribution in [0.2, 0.25) is 0 Å². The second-order valence-electron chi connectivity index (χ2n) is 7.66. The van der Waals surface area contributed by atoms with Gasteiger partial charge in [0, 0.05) is 36.4 Å². The number of carboxylic acids is 1. The zero-order chi connectivity index (χ0) is 27.5. The Bertz CT molecular complexity index is 1300. The van der Waals surface area contributed by atoms with Gasteiger partial charge in [-0.3, -0.25) is 20.2 Å². The number of aromatic nitrogens is 1. The van der Waals surface area contributed by atoms with Crippen LogP contribution < -0.4 is 14.6 Å². The third-order valence-corrected chi connectivity index (χ3v) is 5.63. The number of non-ortho nitro benzene ring substituents is 1. The van der Waals surface area contributed by atoms with E-state index in [9.17, 15) is 20.2 Å². The topological polar surface area (TPSA) is 158 Å². The summed E-state index contributed by atoms with van der Waals surface area (Å²) in [6.07, 6.45) is 4.05. The van der Waals surface area contributed by atoms with Crippen LogP contribution in [0.25, 0.3) is 0 Å². The fraction of sp³-hybridized carbons (Fsp3) is 0.250. The minimum absolute atomic E-state index is 0.0795. The number of carboxylic acid groups (broad SMARTS) is 1. The first-order chi connectivity index (χ1) is 17.5. The number of pyridine rings is 1. The lowest BCUT2D eigenvalue weighted by Gasteiger charge is -2.22. The molecule has 0 atom stereocenters. The third kappa shape index (κ3) is 8.72. The number of halogens is 1. The van der Waals surface area contributed by atoms with E-state index in [4.69, 9.17) is 9.90 Å². The Morgan fingerprint density at radius 2 is 1.70 bits per heavy atom. The van der Waals surface area contributed by atoms with E-state index in [1.807, 2.05) is 49.6 Å². The molecule has 12 nitrogen and oxygen atoms in total. The number of carbonyl (C=O) groups excluding carboxylic acids is 1. The second-order valence-corrected chi connectivity index (χ2v) is 8.52. The van der Waals surface area contributed by atoms with Gasteiger partial charge in [0.2, 0.25) is 0 Å². The third-order valence-electron chi connectivity index (χ3n) is 5.03. The van der Waals surface area contributed by atoms with Gasteiger partial charge in [-0.25, -0.2) is 4.57 Å². The van der Waals surface area contributed by atoms with E-state index in [0.717, 1.165) is 43.9 Å². The van der Waals surface area contributed by atoms with Gasteiger partial charge in [-0.15, -0.1) is 10.2 Å². The molecule has 0 bridgehead atoms. The summed E-state index contributed by atoms with van der Waals surface area (Å²) in [6.45, 7) is 7.44. The molecule has 0 radical (unpaired) electrons. The molecular formula is C24H25BrN6O6. The number of azo groups is 1. The molecule has 0 aliphatic rings. The van der Waals surface area contributed by atoms with Crippen molar-refractivity contribution >= 4 is 50.3 Å². The van der Waals surface area contributed by atoms with Crippen LogP contribution in [0.1, 0.15) is 19.4 Å². The predicted molar refractivity (Wildman–Crippen MR) is 138 cm³/mol. The van der Waals surface area contributed by atoms with Gasteiger partial charge in [-0.1, -0.05) is 6.07 Å². The predicted octanol–water partition coefficient (Wildman–Crippen LogP) is 4.56. The molecule has 0 fully saturated rings. The summed E-state index contributed by atoms with van der Waals surface area (Å²) in [7, 11) is 0. The van der Waals surface area contributed by atoms with Gasteiger partial charge < -0.3 is 14.8 Å². The van der Waals surface area contributed by atoms with Crippen LogP contribution in [0.15, 0.2) is 75.6 Å². The SMILES string of the molecule is CC(=O)[O-].CCN(CC[n+]1ccccc1)c1ccc(N=Nc2c(Br)cc([N+](=O)[O-])cc2[N+](=O)[O-])c(C)c1. The lowest BCUT2D eigenvalue weighted by Crippen LogP contribution is -2.40. The van der Waals surface area contributed by atoms with Gasteiger partial charge in [-0.05, 0) is 60.5 Å². The second kappa shape index (κ2) is 13.7. The summed E-state index contributed by atoms with van der Waals surface area (Å²) in [5.74, 6) is -1.08. The van der Waals surface area contributed by atoms with E-state index in [1.165, 1.54) is 6.07 Å². The van der Waals surface area contributed by atoms with Crippen molar-refractivity contribution in [2.45, 2.75) is 27.3 Å². The molecule has 0 aliphatic heterocycles. The van der Waals surface area contributed by atoms with Crippen molar-refractivity contribution < 1.29 is 24.3 Å². The van der Waals surface area contributed by atoms with E-state index in [-0.39, 0.29) is 10.2 Å². The zero-order valence-corrected chi connectivity index (χ0v) is 22.0. The van der Waals surface area contributed by atoms with E-state index in [1.54, 1.807) is 6.07 Å². The Labute approximate surface area is 221 Å². The number of hydrogen-bond acceptors (Lipinski definition) is 9. The number of hydrogen-bond donors (Lipinski definition) is 0. The van der Waals surface area contributed by atoms with Gasteiger partial charge in [0.1, 0.15) is 0 Å². The van der Waals surface area contributed by atoms with Crippen LogP contribution in [0.4, 0.5) is 28.4 Å². The zero-order valence-electron chi connectivity index (χ0n) is 20.4. The lowest BCUT2D eigenvalue weighted by atomic mass is 10.1. The van der Waals surface area contributed by atoms with Crippen molar-refractivity contribution in [2.75, 3.05) is 18.0 Å². The van der Waals surface area contributed by atoms with E-state index >= 15 is 0 Å². The standard InChI is InChI=1S/C22H22BrN6O4.C2H4O2/c1-3-27(12-11-26-9-5-4-6-10-26)17-7-8-20(16(2)13-17)24-25-22-19(23)14-18(28(30)31)15-21(22)29(32)33;1-2(3)4/h4-10,13-15H,3,11-12H2,1-2H3;1H3,(H,3,4)/q+1;/p-1. The highest BCUT2D eigenvalue weighted by atomic mass is 79.9. The molecule has 1 heterocycles. The highest BCUT2D eigenvalue weighted by Crippen LogP contribution is 2.40. The number of nitro groups is 2. The molecule has 2 aromatic carbocycles. The van der Waals surface area contributed by atoms with Gasteiger partial charge >= 0.3 is 5.69 Å². The number of nitro benzene ring substituents is 2. The molecule has 0 aliphatic carbocycles. The molecule has 194 valence electrons. The molecule has 13 heteroatoms. The Balaban J connectivity index is 0.00000112. The van der Waals surface area contributed by atoms with Crippen LogP contribution in [-0.2, 0) is 11.3 Å². The molecule has 0 unspecified atom stereocenters. The largest absolute Gasteiger partial charge is 0.550 e. The Morgan fingerprint density at radius 1 is 1.05 bits per heavy atom. The quantitative estimate of drug-likeness (QED) is 0.157. The van der Waals surface area contributed by atoms with Crippen LogP contribution in [0.5, 0.6) is 0 Å². The van der Waals surface area contributed by atoms with Gasteiger partial charge in [0.25, 0.3) is 5.69 Å². The van der Waals surface area contributed by atoms with Crippen molar-refractivity contribution in [3.63, 3.8) is 0 Å². The number of aryl methyl sites for hydroxylation is 1. The van der Waals surface area contributed by atoms with Gasteiger partial charge in [0.15, 0.2) is 24.6 Å². The first kappa shape index (κ1) is 29.0. The van der Waals surface area contributed by atoms with Crippen molar-refractivity contribution in [1.82, 2.24) is 0 Å². The fourth-order valence-electron chi connectivity index (χ4n) is 3.26. The monoisotopic (exact) mass is 572 g/mol. The number of carbonyl (C=O) groups is 1. The van der Waals surface area contributed by atoms with Gasteiger partial charge in [-0.2, -0.15) is 0 Å². The van der Waals surface area contributed by atoms with E-state index in [2.05, 4.69) is 42.5 Å². The van der Waals surface area contributed by atoms with E-state index < -0.39 is 27.2 Å². The molecule has 0 amide bonds. The van der Waals surface area contributed by atoms with Crippen molar-refractivity contribution in [3.8, 4) is 0 Å². The number of aliphatic carboxylic acids is 1. The molecule has 0 saturated carbocycles. The molecule has 1 aromatic heterocycles. The van der Waals surface area contributed by atoms with Crippen molar-refractivity contribution in [3.05, 3.63) is 91.2 Å². The number of nitrogens with zero attached hydrogens (tertiary/aromatic N) is 6. The van der Waals surface area contributed by atoms with Crippen LogP contribution in [-0.4, -0.2) is 28.9 Å². The molecule has 0 saturated heterocycles. The maximum Gasteiger partial charge on any atom is 0.304 e. The maximum atomic E-state index is 11.4. The highest BCUT2D eigenvalue weighted by Gasteiger charge is 2.23. The molecule has 3 aromatic rings. The van der Waals surface area contributed by atoms with Crippen LogP contribution in [0.3, 0.4) is 0 Å². The summed E-state index contributed by atoms with van der Waals surface area (Å²) in [5, 5.41) is 39.5. The minimum atomic E-state index is -1.08. The highest BCUT2D eigenvalue weighted by molar-refractivity contribution is 9.10. The van der Waals surface area contributed by atoms with Gasteiger partial charge in [0.05, 0.1) is 32.6 Å². The average molecular weight is 573 g/mol. The normalized spacial score (nSPS) is 10.5.